The number of benzene rings is 1. The number of hydrogen-bond donors (Lipinski definition) is 1. The number of aliphatic hydroxyl groups excluding tert-OH is 1. The first-order valence-electron chi connectivity index (χ1n) is 8.30. The van der Waals surface area contributed by atoms with Gasteiger partial charge in [-0.3, -0.25) is 4.90 Å². The number of aromatic nitrogens is 3. The van der Waals surface area contributed by atoms with Gasteiger partial charge in [-0.05, 0) is 18.9 Å². The lowest BCUT2D eigenvalue weighted by molar-refractivity contribution is 0.149. The fourth-order valence-corrected chi connectivity index (χ4v) is 2.75. The first kappa shape index (κ1) is 17.6. The minimum Gasteiger partial charge on any atom is -0.396 e. The second-order valence-electron chi connectivity index (χ2n) is 6.44. The Labute approximate surface area is 139 Å². The minimum atomic E-state index is 0.197. The number of nitrogens with zero attached hydrogens (tertiary/aromatic N) is 4. The summed E-state index contributed by atoms with van der Waals surface area (Å²) in [5.74, 6) is 2.34. The van der Waals surface area contributed by atoms with E-state index in [1.54, 1.807) is 0 Å². The lowest BCUT2D eigenvalue weighted by Gasteiger charge is -2.28. The van der Waals surface area contributed by atoms with Gasteiger partial charge in [-0.1, -0.05) is 44.2 Å². The highest BCUT2D eigenvalue weighted by Gasteiger charge is 2.19. The monoisotopic (exact) mass is 316 g/mol. The molecule has 0 fully saturated rings. The van der Waals surface area contributed by atoms with Crippen molar-refractivity contribution in [1.82, 2.24) is 19.7 Å². The van der Waals surface area contributed by atoms with Gasteiger partial charge in [-0.2, -0.15) is 0 Å². The Balaban J connectivity index is 2.17. The molecular formula is C18H28N4O. The van der Waals surface area contributed by atoms with E-state index in [4.69, 9.17) is 0 Å². The van der Waals surface area contributed by atoms with E-state index in [1.807, 2.05) is 13.1 Å². The number of aliphatic hydroxyl groups is 1. The van der Waals surface area contributed by atoms with Crippen LogP contribution in [0.25, 0.3) is 0 Å². The fraction of sp³-hybridized carbons (Fsp3) is 0.556. The molecule has 0 amide bonds. The molecule has 1 atom stereocenters. The molecule has 1 N–H and O–H groups in total. The van der Waals surface area contributed by atoms with E-state index < -0.39 is 0 Å². The molecule has 2 aromatic rings. The second kappa shape index (κ2) is 8.22. The number of hydrogen-bond acceptors (Lipinski definition) is 4. The molecule has 1 aromatic carbocycles. The maximum atomic E-state index is 9.29. The molecular weight excluding hydrogens is 288 g/mol. The van der Waals surface area contributed by atoms with E-state index >= 15 is 0 Å². The number of rotatable bonds is 8. The van der Waals surface area contributed by atoms with Gasteiger partial charge in [-0.15, -0.1) is 10.2 Å². The normalized spacial score (nSPS) is 13.0. The zero-order chi connectivity index (χ0) is 16.8. The molecule has 5 heteroatoms. The summed E-state index contributed by atoms with van der Waals surface area (Å²) in [7, 11) is 2.03. The minimum absolute atomic E-state index is 0.197. The van der Waals surface area contributed by atoms with Crippen LogP contribution in [-0.2, 0) is 20.1 Å². The van der Waals surface area contributed by atoms with Crippen LogP contribution in [-0.4, -0.2) is 37.4 Å². The van der Waals surface area contributed by atoms with Crippen molar-refractivity contribution in [3.05, 3.63) is 47.5 Å². The Hall–Kier alpha value is -1.72. The van der Waals surface area contributed by atoms with Crippen LogP contribution in [0.2, 0.25) is 0 Å². The van der Waals surface area contributed by atoms with E-state index in [9.17, 15) is 5.11 Å². The van der Waals surface area contributed by atoms with Gasteiger partial charge in [-0.25, -0.2) is 0 Å². The Bertz CT molecular complexity index is 594. The molecule has 0 aliphatic heterocycles. The quantitative estimate of drug-likeness (QED) is 0.813. The Kier molecular flexibility index (Phi) is 6.30. The molecule has 0 aliphatic carbocycles. The molecule has 2 rings (SSSR count). The summed E-state index contributed by atoms with van der Waals surface area (Å²) in [6.07, 6.45) is 0.752. The topological polar surface area (TPSA) is 54.2 Å². The van der Waals surface area contributed by atoms with Crippen molar-refractivity contribution in [2.75, 3.05) is 6.61 Å². The first-order valence-corrected chi connectivity index (χ1v) is 8.30. The van der Waals surface area contributed by atoms with Crippen LogP contribution in [0.3, 0.4) is 0 Å². The zero-order valence-corrected chi connectivity index (χ0v) is 14.6. The third kappa shape index (κ3) is 4.62. The largest absolute Gasteiger partial charge is 0.396 e. The highest BCUT2D eigenvalue weighted by atomic mass is 16.3. The molecule has 0 saturated carbocycles. The van der Waals surface area contributed by atoms with Gasteiger partial charge in [0, 0.05) is 32.2 Å². The lowest BCUT2D eigenvalue weighted by atomic mass is 10.1. The highest BCUT2D eigenvalue weighted by Crippen LogP contribution is 2.17. The van der Waals surface area contributed by atoms with Crippen LogP contribution >= 0.6 is 0 Å². The molecule has 23 heavy (non-hydrogen) atoms. The van der Waals surface area contributed by atoms with E-state index in [-0.39, 0.29) is 12.6 Å². The Morgan fingerprint density at radius 1 is 1.09 bits per heavy atom. The summed E-state index contributed by atoms with van der Waals surface area (Å²) in [6, 6.07) is 10.7. The summed E-state index contributed by atoms with van der Waals surface area (Å²) in [5, 5.41) is 18.0. The Morgan fingerprint density at radius 3 is 2.35 bits per heavy atom. The van der Waals surface area contributed by atoms with Crippen LogP contribution in [0.4, 0.5) is 0 Å². The van der Waals surface area contributed by atoms with E-state index in [0.717, 1.165) is 31.2 Å². The van der Waals surface area contributed by atoms with Crippen molar-refractivity contribution in [1.29, 1.82) is 0 Å². The summed E-state index contributed by atoms with van der Waals surface area (Å²) in [4.78, 5) is 2.35. The van der Waals surface area contributed by atoms with Crippen molar-refractivity contribution in [3.8, 4) is 0 Å². The molecule has 5 nitrogen and oxygen atoms in total. The zero-order valence-electron chi connectivity index (χ0n) is 14.6. The van der Waals surface area contributed by atoms with Gasteiger partial charge in [0.2, 0.25) is 0 Å². The third-order valence-corrected chi connectivity index (χ3v) is 4.26. The molecule has 0 bridgehead atoms. The van der Waals surface area contributed by atoms with Gasteiger partial charge in [0.25, 0.3) is 0 Å². The van der Waals surface area contributed by atoms with Crippen molar-refractivity contribution in [3.63, 3.8) is 0 Å². The molecule has 1 heterocycles. The molecule has 1 unspecified atom stereocenters. The average Bonchev–Trinajstić information content (AvgIpc) is 2.89. The van der Waals surface area contributed by atoms with Crippen LogP contribution in [0.1, 0.15) is 50.3 Å². The second-order valence-corrected chi connectivity index (χ2v) is 6.44. The van der Waals surface area contributed by atoms with E-state index in [2.05, 4.69) is 64.7 Å². The standard InChI is InChI=1S/C18H28N4O/c1-14(2)18-20-19-17(21(18)4)13-22(15(3)10-11-23)12-16-8-6-5-7-9-16/h5-9,14-15,23H,10-13H2,1-4H3. The van der Waals surface area contributed by atoms with Gasteiger partial charge in [0.05, 0.1) is 6.54 Å². The maximum absolute atomic E-state index is 9.29. The van der Waals surface area contributed by atoms with Crippen molar-refractivity contribution < 1.29 is 5.11 Å². The van der Waals surface area contributed by atoms with Crippen molar-refractivity contribution in [2.45, 2.75) is 52.2 Å². The first-order chi connectivity index (χ1) is 11.0. The SMILES string of the molecule is CC(C)c1nnc(CN(Cc2ccccc2)C(C)CCO)n1C. The highest BCUT2D eigenvalue weighted by molar-refractivity contribution is 5.14. The van der Waals surface area contributed by atoms with E-state index in [0.29, 0.717) is 5.92 Å². The van der Waals surface area contributed by atoms with Gasteiger partial charge in [0.15, 0.2) is 0 Å². The summed E-state index contributed by atoms with van der Waals surface area (Å²) < 4.78 is 2.09. The molecule has 0 spiro atoms. The molecule has 0 radical (unpaired) electrons. The average molecular weight is 316 g/mol. The van der Waals surface area contributed by atoms with Gasteiger partial charge >= 0.3 is 0 Å². The predicted octanol–water partition coefficient (Wildman–Crippen LogP) is 2.71. The molecule has 1 aromatic heterocycles. The molecule has 0 saturated heterocycles. The van der Waals surface area contributed by atoms with Gasteiger partial charge < -0.3 is 9.67 Å². The predicted molar refractivity (Wildman–Crippen MR) is 91.9 cm³/mol. The molecule has 0 aliphatic rings. The third-order valence-electron chi connectivity index (χ3n) is 4.26. The fourth-order valence-electron chi connectivity index (χ4n) is 2.75. The van der Waals surface area contributed by atoms with Crippen LogP contribution < -0.4 is 0 Å². The van der Waals surface area contributed by atoms with Crippen LogP contribution in [0.5, 0.6) is 0 Å². The van der Waals surface area contributed by atoms with Crippen molar-refractivity contribution >= 4 is 0 Å². The van der Waals surface area contributed by atoms with Gasteiger partial charge in [0.1, 0.15) is 11.6 Å². The summed E-state index contributed by atoms with van der Waals surface area (Å²) in [5.41, 5.74) is 1.27. The Morgan fingerprint density at radius 2 is 1.78 bits per heavy atom. The smallest absolute Gasteiger partial charge is 0.146 e. The van der Waals surface area contributed by atoms with Crippen molar-refractivity contribution in [2.24, 2.45) is 7.05 Å². The van der Waals surface area contributed by atoms with E-state index in [1.165, 1.54) is 5.56 Å². The summed E-state index contributed by atoms with van der Waals surface area (Å²) in [6.45, 7) is 8.17. The molecule has 126 valence electrons. The summed E-state index contributed by atoms with van der Waals surface area (Å²) >= 11 is 0. The lowest BCUT2D eigenvalue weighted by Crippen LogP contribution is -2.33. The van der Waals surface area contributed by atoms with Crippen LogP contribution in [0.15, 0.2) is 30.3 Å². The maximum Gasteiger partial charge on any atom is 0.146 e. The van der Waals surface area contributed by atoms with Crippen LogP contribution in [0, 0.1) is 0 Å².